The highest BCUT2D eigenvalue weighted by Gasteiger charge is 2.31. The average Bonchev–Trinajstić information content (AvgIpc) is 3.43. The molecule has 5 nitrogen and oxygen atoms in total. The smallest absolute Gasteiger partial charge is 0.255 e. The minimum Gasteiger partial charge on any atom is -0.345 e. The second-order valence-corrected chi connectivity index (χ2v) is 7.87. The predicted molar refractivity (Wildman–Crippen MR) is 103 cm³/mol. The third-order valence-corrected chi connectivity index (χ3v) is 6.06. The largest absolute Gasteiger partial charge is 0.345 e. The zero-order valence-corrected chi connectivity index (χ0v) is 16.8. The van der Waals surface area contributed by atoms with Gasteiger partial charge in [0.2, 0.25) is 5.91 Å². The molecule has 0 radical (unpaired) electrons. The number of carbonyl (C=O) groups excluding carboxylic acids is 2. The first kappa shape index (κ1) is 19.0. The van der Waals surface area contributed by atoms with Crippen LogP contribution in [-0.4, -0.2) is 52.4 Å². The van der Waals surface area contributed by atoms with Crippen molar-refractivity contribution in [2.45, 2.75) is 65.8 Å². The van der Waals surface area contributed by atoms with Crippen molar-refractivity contribution in [1.29, 1.82) is 0 Å². The Bertz CT molecular complexity index is 671. The first-order valence-corrected chi connectivity index (χ1v) is 10.2. The van der Waals surface area contributed by atoms with Gasteiger partial charge in [0, 0.05) is 49.5 Å². The number of hydrogen-bond donors (Lipinski definition) is 0. The van der Waals surface area contributed by atoms with Crippen LogP contribution in [0, 0.1) is 19.8 Å². The van der Waals surface area contributed by atoms with Crippen LogP contribution in [0.15, 0.2) is 6.07 Å². The Kier molecular flexibility index (Phi) is 5.73. The first-order valence-electron chi connectivity index (χ1n) is 10.2. The monoisotopic (exact) mass is 359 g/mol. The van der Waals surface area contributed by atoms with Crippen molar-refractivity contribution in [2.24, 2.45) is 5.92 Å². The average molecular weight is 360 g/mol. The lowest BCUT2D eigenvalue weighted by molar-refractivity contribution is -0.135. The van der Waals surface area contributed by atoms with Crippen molar-refractivity contribution in [1.82, 2.24) is 14.4 Å². The second kappa shape index (κ2) is 7.85. The molecule has 1 aliphatic carbocycles. The highest BCUT2D eigenvalue weighted by atomic mass is 16.2. The lowest BCUT2D eigenvalue weighted by Crippen LogP contribution is -2.39. The van der Waals surface area contributed by atoms with Crippen LogP contribution >= 0.6 is 0 Å². The molecule has 2 fully saturated rings. The van der Waals surface area contributed by atoms with Crippen LogP contribution in [0.4, 0.5) is 0 Å². The fraction of sp³-hybridized carbons (Fsp3) is 0.714. The van der Waals surface area contributed by atoms with E-state index in [1.165, 1.54) is 18.5 Å². The molecule has 1 aromatic heterocycles. The summed E-state index contributed by atoms with van der Waals surface area (Å²) in [5.41, 5.74) is 3.13. The molecule has 3 rings (SSSR count). The molecule has 2 aliphatic rings. The zero-order valence-electron chi connectivity index (χ0n) is 16.8. The van der Waals surface area contributed by atoms with Crippen LogP contribution in [0.25, 0.3) is 0 Å². The fourth-order valence-electron chi connectivity index (χ4n) is 4.30. The van der Waals surface area contributed by atoms with Crippen molar-refractivity contribution >= 4 is 11.8 Å². The molecule has 2 amide bonds. The van der Waals surface area contributed by atoms with Gasteiger partial charge >= 0.3 is 0 Å². The van der Waals surface area contributed by atoms with Gasteiger partial charge in [-0.15, -0.1) is 0 Å². The summed E-state index contributed by atoms with van der Waals surface area (Å²) in [6, 6.07) is 2.64. The Morgan fingerprint density at radius 1 is 1.04 bits per heavy atom. The molecule has 0 bridgehead atoms. The maximum atomic E-state index is 13.1. The number of rotatable bonds is 5. The molecule has 26 heavy (non-hydrogen) atoms. The Morgan fingerprint density at radius 3 is 2.27 bits per heavy atom. The third-order valence-electron chi connectivity index (χ3n) is 6.06. The molecule has 0 atom stereocenters. The number of aryl methyl sites for hydroxylation is 1. The standard InChI is InChI=1S/C21H33N3O2/c1-5-17(6-2)20(25)22-10-7-11-23(13-12-22)21(26)19-14-15(3)24(16(19)4)18-8-9-18/h14,17-18H,5-13H2,1-4H3. The van der Waals surface area contributed by atoms with Gasteiger partial charge in [-0.3, -0.25) is 9.59 Å². The van der Waals surface area contributed by atoms with E-state index < -0.39 is 0 Å². The van der Waals surface area contributed by atoms with Gasteiger partial charge in [0.1, 0.15) is 0 Å². The van der Waals surface area contributed by atoms with Gasteiger partial charge in [-0.1, -0.05) is 13.8 Å². The van der Waals surface area contributed by atoms with E-state index in [0.717, 1.165) is 43.6 Å². The summed E-state index contributed by atoms with van der Waals surface area (Å²) in [6.07, 6.45) is 5.09. The Hall–Kier alpha value is -1.78. The summed E-state index contributed by atoms with van der Waals surface area (Å²) in [4.78, 5) is 29.7. The van der Waals surface area contributed by atoms with E-state index in [2.05, 4.69) is 32.3 Å². The number of carbonyl (C=O) groups is 2. The first-order chi connectivity index (χ1) is 12.5. The maximum Gasteiger partial charge on any atom is 0.255 e. The van der Waals surface area contributed by atoms with Crippen LogP contribution in [0.3, 0.4) is 0 Å². The van der Waals surface area contributed by atoms with Gasteiger partial charge < -0.3 is 14.4 Å². The third kappa shape index (κ3) is 3.67. The van der Waals surface area contributed by atoms with Crippen molar-refractivity contribution in [3.05, 3.63) is 23.0 Å². The van der Waals surface area contributed by atoms with Gasteiger partial charge in [0.15, 0.2) is 0 Å². The lowest BCUT2D eigenvalue weighted by Gasteiger charge is -2.25. The molecular formula is C21H33N3O2. The Morgan fingerprint density at radius 2 is 1.65 bits per heavy atom. The molecule has 1 saturated carbocycles. The number of amides is 2. The van der Waals surface area contributed by atoms with Gasteiger partial charge in [-0.2, -0.15) is 0 Å². The number of hydrogen-bond acceptors (Lipinski definition) is 2. The highest BCUT2D eigenvalue weighted by Crippen LogP contribution is 2.38. The number of nitrogens with zero attached hydrogens (tertiary/aromatic N) is 3. The van der Waals surface area contributed by atoms with Gasteiger partial charge in [0.25, 0.3) is 5.91 Å². The molecule has 1 saturated heterocycles. The Labute approximate surface area is 157 Å². The van der Waals surface area contributed by atoms with Crippen LogP contribution in [0.1, 0.15) is 73.7 Å². The quantitative estimate of drug-likeness (QED) is 0.807. The van der Waals surface area contributed by atoms with E-state index in [0.29, 0.717) is 19.1 Å². The molecule has 0 aromatic carbocycles. The van der Waals surface area contributed by atoms with E-state index >= 15 is 0 Å². The molecule has 0 N–H and O–H groups in total. The van der Waals surface area contributed by atoms with Gasteiger partial charge in [-0.05, 0) is 52.0 Å². The van der Waals surface area contributed by atoms with E-state index in [4.69, 9.17) is 0 Å². The molecule has 0 unspecified atom stereocenters. The topological polar surface area (TPSA) is 45.6 Å². The maximum absolute atomic E-state index is 13.1. The van der Waals surface area contributed by atoms with Crippen molar-refractivity contribution in [3.8, 4) is 0 Å². The molecule has 144 valence electrons. The van der Waals surface area contributed by atoms with Gasteiger partial charge in [-0.25, -0.2) is 0 Å². The van der Waals surface area contributed by atoms with Crippen LogP contribution in [-0.2, 0) is 4.79 Å². The van der Waals surface area contributed by atoms with Crippen molar-refractivity contribution in [2.75, 3.05) is 26.2 Å². The van der Waals surface area contributed by atoms with Crippen LogP contribution in [0.5, 0.6) is 0 Å². The minimum absolute atomic E-state index is 0.120. The van der Waals surface area contributed by atoms with Crippen LogP contribution in [0.2, 0.25) is 0 Å². The summed E-state index contributed by atoms with van der Waals surface area (Å²) in [5, 5.41) is 0. The normalized spacial score (nSPS) is 18.3. The summed E-state index contributed by atoms with van der Waals surface area (Å²) in [5.74, 6) is 0.507. The number of aromatic nitrogens is 1. The van der Waals surface area contributed by atoms with E-state index in [1.54, 1.807) is 0 Å². The summed E-state index contributed by atoms with van der Waals surface area (Å²) in [7, 11) is 0. The SMILES string of the molecule is CCC(CC)C(=O)N1CCCN(C(=O)c2cc(C)n(C3CC3)c2C)CC1. The molecular weight excluding hydrogens is 326 g/mol. The predicted octanol–water partition coefficient (Wildman–Crippen LogP) is 3.55. The second-order valence-electron chi connectivity index (χ2n) is 7.87. The van der Waals surface area contributed by atoms with E-state index in [9.17, 15) is 9.59 Å². The molecule has 2 heterocycles. The summed E-state index contributed by atoms with van der Waals surface area (Å²) in [6.45, 7) is 11.1. The lowest BCUT2D eigenvalue weighted by atomic mass is 10.0. The van der Waals surface area contributed by atoms with E-state index in [-0.39, 0.29) is 17.7 Å². The fourth-order valence-corrected chi connectivity index (χ4v) is 4.30. The van der Waals surface area contributed by atoms with Gasteiger partial charge in [0.05, 0.1) is 5.56 Å². The molecule has 1 aromatic rings. The molecule has 1 aliphatic heterocycles. The summed E-state index contributed by atoms with van der Waals surface area (Å²) >= 11 is 0. The minimum atomic E-state index is 0.120. The summed E-state index contributed by atoms with van der Waals surface area (Å²) < 4.78 is 2.33. The Balaban J connectivity index is 1.68. The molecule has 0 spiro atoms. The zero-order chi connectivity index (χ0) is 18.8. The van der Waals surface area contributed by atoms with Crippen LogP contribution < -0.4 is 0 Å². The van der Waals surface area contributed by atoms with E-state index in [1.807, 2.05) is 15.9 Å². The highest BCUT2D eigenvalue weighted by molar-refractivity contribution is 5.96. The molecule has 5 heteroatoms. The van der Waals surface area contributed by atoms with Crippen molar-refractivity contribution in [3.63, 3.8) is 0 Å². The van der Waals surface area contributed by atoms with Crippen molar-refractivity contribution < 1.29 is 9.59 Å².